The van der Waals surface area contributed by atoms with Crippen molar-refractivity contribution in [2.75, 3.05) is 45.8 Å². The average molecular weight is 239 g/mol. The van der Waals surface area contributed by atoms with Crippen LogP contribution in [0.1, 0.15) is 33.1 Å². The van der Waals surface area contributed by atoms with Crippen molar-refractivity contribution in [3.05, 3.63) is 0 Å². The van der Waals surface area contributed by atoms with Crippen LogP contribution in [0.25, 0.3) is 0 Å². The first-order chi connectivity index (χ1) is 8.29. The van der Waals surface area contributed by atoms with Gasteiger partial charge in [0.05, 0.1) is 0 Å². The number of rotatable bonds is 4. The van der Waals surface area contributed by atoms with E-state index in [0.717, 1.165) is 12.0 Å². The van der Waals surface area contributed by atoms with Gasteiger partial charge in [0.25, 0.3) is 0 Å². The second-order valence-corrected chi connectivity index (χ2v) is 5.77. The summed E-state index contributed by atoms with van der Waals surface area (Å²) in [6.07, 6.45) is 4.26. The molecular weight excluding hydrogens is 210 g/mol. The maximum absolute atomic E-state index is 3.44. The van der Waals surface area contributed by atoms with Crippen LogP contribution in [0.3, 0.4) is 0 Å². The van der Waals surface area contributed by atoms with Crippen molar-refractivity contribution >= 4 is 0 Å². The molecule has 3 heteroatoms. The lowest BCUT2D eigenvalue weighted by molar-refractivity contribution is 0.121. The Morgan fingerprint density at radius 1 is 1.24 bits per heavy atom. The van der Waals surface area contributed by atoms with Gasteiger partial charge in [-0.3, -0.25) is 4.90 Å². The zero-order valence-electron chi connectivity index (χ0n) is 11.6. The monoisotopic (exact) mass is 239 g/mol. The summed E-state index contributed by atoms with van der Waals surface area (Å²) in [6, 6.07) is 0.777. The first-order valence-electron chi connectivity index (χ1n) is 7.46. The third kappa shape index (κ3) is 3.94. The van der Waals surface area contributed by atoms with Gasteiger partial charge < -0.3 is 10.2 Å². The summed E-state index contributed by atoms with van der Waals surface area (Å²) >= 11 is 0. The maximum Gasteiger partial charge on any atom is 0.0110 e. The van der Waals surface area contributed by atoms with Gasteiger partial charge in [0, 0.05) is 38.8 Å². The van der Waals surface area contributed by atoms with Gasteiger partial charge in [0.2, 0.25) is 0 Å². The largest absolute Gasteiger partial charge is 0.314 e. The molecule has 0 aromatic heterocycles. The molecule has 2 atom stereocenters. The summed E-state index contributed by atoms with van der Waals surface area (Å²) in [5.74, 6) is 0.939. The molecule has 0 aliphatic carbocycles. The normalized spacial score (nSPS) is 30.4. The smallest absolute Gasteiger partial charge is 0.0110 e. The van der Waals surface area contributed by atoms with Gasteiger partial charge in [-0.05, 0) is 45.2 Å². The van der Waals surface area contributed by atoms with Crippen molar-refractivity contribution in [3.8, 4) is 0 Å². The predicted molar refractivity (Wildman–Crippen MR) is 73.4 cm³/mol. The third-order valence-electron chi connectivity index (χ3n) is 4.50. The molecule has 2 aliphatic heterocycles. The summed E-state index contributed by atoms with van der Waals surface area (Å²) in [7, 11) is 0. The highest BCUT2D eigenvalue weighted by atomic mass is 15.2. The fourth-order valence-electron chi connectivity index (χ4n) is 3.39. The van der Waals surface area contributed by atoms with Crippen molar-refractivity contribution < 1.29 is 0 Å². The number of hydrogen-bond donors (Lipinski definition) is 1. The van der Waals surface area contributed by atoms with Crippen LogP contribution in [0.15, 0.2) is 0 Å². The van der Waals surface area contributed by atoms with E-state index in [-0.39, 0.29) is 0 Å². The summed E-state index contributed by atoms with van der Waals surface area (Å²) in [4.78, 5) is 5.29. The first kappa shape index (κ1) is 13.3. The van der Waals surface area contributed by atoms with Gasteiger partial charge in [-0.2, -0.15) is 0 Å². The third-order valence-corrected chi connectivity index (χ3v) is 4.50. The molecule has 2 heterocycles. The minimum atomic E-state index is 0.777. The summed E-state index contributed by atoms with van der Waals surface area (Å²) < 4.78 is 0. The van der Waals surface area contributed by atoms with Gasteiger partial charge in [0.15, 0.2) is 0 Å². The molecule has 0 radical (unpaired) electrons. The molecule has 2 saturated heterocycles. The van der Waals surface area contributed by atoms with E-state index in [1.165, 1.54) is 65.1 Å². The zero-order valence-corrected chi connectivity index (χ0v) is 11.6. The Balaban J connectivity index is 1.74. The van der Waals surface area contributed by atoms with E-state index >= 15 is 0 Å². The number of likely N-dealkylation sites (tertiary alicyclic amines) is 1. The van der Waals surface area contributed by atoms with Crippen LogP contribution in [-0.4, -0.2) is 61.7 Å². The highest BCUT2D eigenvalue weighted by molar-refractivity contribution is 4.79. The second kappa shape index (κ2) is 6.72. The lowest BCUT2D eigenvalue weighted by Gasteiger charge is -2.37. The fraction of sp³-hybridized carbons (Fsp3) is 1.00. The molecule has 17 heavy (non-hydrogen) atoms. The van der Waals surface area contributed by atoms with Crippen molar-refractivity contribution in [2.45, 2.75) is 39.2 Å². The van der Waals surface area contributed by atoms with Crippen LogP contribution >= 0.6 is 0 Å². The molecule has 0 amide bonds. The van der Waals surface area contributed by atoms with Crippen LogP contribution in [0, 0.1) is 5.92 Å². The number of nitrogens with zero attached hydrogens (tertiary/aromatic N) is 2. The molecule has 3 nitrogen and oxygen atoms in total. The average Bonchev–Trinajstić information content (AvgIpc) is 2.40. The number of piperidine rings is 1. The predicted octanol–water partition coefficient (Wildman–Crippen LogP) is 1.40. The van der Waals surface area contributed by atoms with E-state index in [1.54, 1.807) is 0 Å². The minimum Gasteiger partial charge on any atom is -0.314 e. The fourth-order valence-corrected chi connectivity index (χ4v) is 3.39. The second-order valence-electron chi connectivity index (χ2n) is 5.77. The number of hydrogen-bond acceptors (Lipinski definition) is 3. The molecule has 1 unspecified atom stereocenters. The Labute approximate surface area is 107 Å². The standard InChI is InChI=1S/C14H29N3/c1-3-16-8-4-5-14(12-16)11-13(2)17-9-6-15-7-10-17/h13-15H,3-12H2,1-2H3/t13-,14?/m1/s1. The van der Waals surface area contributed by atoms with E-state index in [0.29, 0.717) is 0 Å². The molecule has 0 aromatic rings. The topological polar surface area (TPSA) is 18.5 Å². The molecular formula is C14H29N3. The molecule has 0 spiro atoms. The molecule has 1 N–H and O–H groups in total. The molecule has 2 rings (SSSR count). The van der Waals surface area contributed by atoms with E-state index in [9.17, 15) is 0 Å². The Morgan fingerprint density at radius 3 is 2.71 bits per heavy atom. The van der Waals surface area contributed by atoms with E-state index in [1.807, 2.05) is 0 Å². The summed E-state index contributed by atoms with van der Waals surface area (Å²) in [6.45, 7) is 13.5. The summed E-state index contributed by atoms with van der Waals surface area (Å²) in [5.41, 5.74) is 0. The van der Waals surface area contributed by atoms with Crippen molar-refractivity contribution in [3.63, 3.8) is 0 Å². The molecule has 2 fully saturated rings. The zero-order chi connectivity index (χ0) is 12.1. The lowest BCUT2D eigenvalue weighted by atomic mass is 9.91. The van der Waals surface area contributed by atoms with Gasteiger partial charge in [-0.1, -0.05) is 6.92 Å². The van der Waals surface area contributed by atoms with Gasteiger partial charge >= 0.3 is 0 Å². The van der Waals surface area contributed by atoms with Gasteiger partial charge in [-0.15, -0.1) is 0 Å². The van der Waals surface area contributed by atoms with Gasteiger partial charge in [0.1, 0.15) is 0 Å². The number of piperazine rings is 1. The van der Waals surface area contributed by atoms with Gasteiger partial charge in [-0.25, -0.2) is 0 Å². The van der Waals surface area contributed by atoms with Crippen LogP contribution in [0.5, 0.6) is 0 Å². The molecule has 0 saturated carbocycles. The maximum atomic E-state index is 3.44. The van der Waals surface area contributed by atoms with Crippen LogP contribution in [-0.2, 0) is 0 Å². The molecule has 0 aromatic carbocycles. The van der Waals surface area contributed by atoms with Crippen molar-refractivity contribution in [2.24, 2.45) is 5.92 Å². The lowest BCUT2D eigenvalue weighted by Crippen LogP contribution is -2.48. The van der Waals surface area contributed by atoms with Crippen LogP contribution in [0.2, 0.25) is 0 Å². The van der Waals surface area contributed by atoms with Crippen LogP contribution in [0.4, 0.5) is 0 Å². The molecule has 100 valence electrons. The van der Waals surface area contributed by atoms with E-state index < -0.39 is 0 Å². The first-order valence-corrected chi connectivity index (χ1v) is 7.46. The highest BCUT2D eigenvalue weighted by Crippen LogP contribution is 2.22. The highest BCUT2D eigenvalue weighted by Gasteiger charge is 2.23. The Hall–Kier alpha value is -0.120. The van der Waals surface area contributed by atoms with Crippen molar-refractivity contribution in [1.82, 2.24) is 15.1 Å². The molecule has 0 bridgehead atoms. The Kier molecular flexibility index (Phi) is 5.26. The summed E-state index contributed by atoms with van der Waals surface area (Å²) in [5, 5.41) is 3.44. The Morgan fingerprint density at radius 2 is 2.00 bits per heavy atom. The van der Waals surface area contributed by atoms with Crippen molar-refractivity contribution in [1.29, 1.82) is 0 Å². The van der Waals surface area contributed by atoms with E-state index in [2.05, 4.69) is 29.0 Å². The SMILES string of the molecule is CCN1CCCC(C[C@@H](C)N2CCNCC2)C1. The van der Waals surface area contributed by atoms with Crippen LogP contribution < -0.4 is 5.32 Å². The number of nitrogens with one attached hydrogen (secondary N) is 1. The Bertz CT molecular complexity index is 214. The minimum absolute atomic E-state index is 0.777. The van der Waals surface area contributed by atoms with E-state index in [4.69, 9.17) is 0 Å². The quantitative estimate of drug-likeness (QED) is 0.800. The molecule has 2 aliphatic rings.